The number of aliphatic imine (C=N–C) groups is 1. The van der Waals surface area contributed by atoms with Crippen LogP contribution in [0.2, 0.25) is 0 Å². The van der Waals surface area contributed by atoms with Crippen LogP contribution in [0, 0.1) is 0 Å². The van der Waals surface area contributed by atoms with Gasteiger partial charge in [0.05, 0.1) is 6.54 Å². The summed E-state index contributed by atoms with van der Waals surface area (Å²) in [7, 11) is 0. The van der Waals surface area contributed by atoms with Gasteiger partial charge in [-0.25, -0.2) is 0 Å². The lowest BCUT2D eigenvalue weighted by Gasteiger charge is -2.15. The lowest BCUT2D eigenvalue weighted by Crippen LogP contribution is -2.38. The van der Waals surface area contributed by atoms with Gasteiger partial charge in [0.1, 0.15) is 0 Å². The Balaban J connectivity index is 1.96. The number of nitrogens with two attached hydrogens (primary N) is 1. The molecule has 18 heavy (non-hydrogen) atoms. The minimum Gasteiger partial charge on any atom is -0.370 e. The van der Waals surface area contributed by atoms with Gasteiger partial charge in [-0.15, -0.1) is 0 Å². The van der Waals surface area contributed by atoms with Crippen LogP contribution in [-0.4, -0.2) is 18.5 Å². The lowest BCUT2D eigenvalue weighted by molar-refractivity contribution is 0.630. The molecule has 3 nitrogen and oxygen atoms in total. The van der Waals surface area contributed by atoms with Crippen molar-refractivity contribution in [3.05, 3.63) is 35.9 Å². The Morgan fingerprint density at radius 3 is 2.61 bits per heavy atom. The molecule has 1 atom stereocenters. The molecule has 1 saturated carbocycles. The molecule has 1 aliphatic carbocycles. The molecule has 0 aliphatic heterocycles. The Morgan fingerprint density at radius 2 is 2.06 bits per heavy atom. The molecule has 1 aromatic carbocycles. The van der Waals surface area contributed by atoms with Crippen molar-refractivity contribution in [1.82, 2.24) is 5.32 Å². The van der Waals surface area contributed by atoms with Crippen molar-refractivity contribution < 1.29 is 0 Å². The van der Waals surface area contributed by atoms with Crippen molar-refractivity contribution in [3.63, 3.8) is 0 Å². The normalized spacial score (nSPS) is 19.3. The Labute approximate surface area is 109 Å². The van der Waals surface area contributed by atoms with Crippen molar-refractivity contribution in [2.24, 2.45) is 10.7 Å². The second-order valence-corrected chi connectivity index (χ2v) is 5.30. The largest absolute Gasteiger partial charge is 0.370 e. The summed E-state index contributed by atoms with van der Waals surface area (Å²) in [4.78, 5) is 4.51. The minimum atomic E-state index is 0.253. The molecular formula is C15H23N3. The molecule has 3 heteroatoms. The van der Waals surface area contributed by atoms with E-state index in [0.29, 0.717) is 12.0 Å². The smallest absolute Gasteiger partial charge is 0.188 e. The van der Waals surface area contributed by atoms with Gasteiger partial charge < -0.3 is 11.1 Å². The Bertz CT molecular complexity index is 407. The van der Waals surface area contributed by atoms with Crippen LogP contribution in [0.25, 0.3) is 0 Å². The minimum absolute atomic E-state index is 0.253. The number of hydrogen-bond donors (Lipinski definition) is 2. The van der Waals surface area contributed by atoms with E-state index in [9.17, 15) is 0 Å². The summed E-state index contributed by atoms with van der Waals surface area (Å²) in [6, 6.07) is 11.0. The zero-order valence-corrected chi connectivity index (χ0v) is 11.3. The summed E-state index contributed by atoms with van der Waals surface area (Å²) in [5.41, 5.74) is 7.55. The van der Waals surface area contributed by atoms with Crippen LogP contribution in [0.3, 0.4) is 0 Å². The number of nitrogens with one attached hydrogen (secondary N) is 1. The maximum Gasteiger partial charge on any atom is 0.188 e. The zero-order chi connectivity index (χ0) is 13.0. The Morgan fingerprint density at radius 1 is 1.39 bits per heavy atom. The van der Waals surface area contributed by atoms with E-state index in [4.69, 9.17) is 5.73 Å². The molecule has 98 valence electrons. The molecule has 3 N–H and O–H groups in total. The van der Waals surface area contributed by atoms with Crippen LogP contribution in [0.4, 0.5) is 0 Å². The summed E-state index contributed by atoms with van der Waals surface area (Å²) in [5, 5.41) is 3.21. The van der Waals surface area contributed by atoms with Crippen LogP contribution in [-0.2, 0) is 5.41 Å². The molecule has 1 fully saturated rings. The van der Waals surface area contributed by atoms with Gasteiger partial charge in [0.25, 0.3) is 0 Å². The van der Waals surface area contributed by atoms with Gasteiger partial charge in [0, 0.05) is 11.5 Å². The van der Waals surface area contributed by atoms with E-state index in [0.717, 1.165) is 13.0 Å². The van der Waals surface area contributed by atoms with Crippen LogP contribution in [0.5, 0.6) is 0 Å². The third kappa shape index (κ3) is 3.03. The van der Waals surface area contributed by atoms with Crippen molar-refractivity contribution in [2.45, 2.75) is 44.6 Å². The quantitative estimate of drug-likeness (QED) is 0.618. The third-order valence-corrected chi connectivity index (χ3v) is 3.80. The second kappa shape index (κ2) is 5.42. The molecule has 1 aliphatic rings. The molecule has 0 bridgehead atoms. The SMILES string of the molecule is CCC(C)NC(N)=NCC1(c2ccccc2)CC1. The van der Waals surface area contributed by atoms with E-state index >= 15 is 0 Å². The first kappa shape index (κ1) is 12.9. The first-order chi connectivity index (χ1) is 8.66. The Hall–Kier alpha value is -1.51. The summed E-state index contributed by atoms with van der Waals surface area (Å²) < 4.78 is 0. The molecule has 0 heterocycles. The number of nitrogens with zero attached hydrogens (tertiary/aromatic N) is 1. The molecule has 0 amide bonds. The fourth-order valence-corrected chi connectivity index (χ4v) is 2.12. The predicted octanol–water partition coefficient (Wildman–Crippen LogP) is 2.42. The highest BCUT2D eigenvalue weighted by Crippen LogP contribution is 2.48. The summed E-state index contributed by atoms with van der Waals surface area (Å²) >= 11 is 0. The van der Waals surface area contributed by atoms with Crippen molar-refractivity contribution >= 4 is 5.96 Å². The maximum absolute atomic E-state index is 5.90. The molecule has 1 unspecified atom stereocenters. The highest BCUT2D eigenvalue weighted by atomic mass is 15.1. The third-order valence-electron chi connectivity index (χ3n) is 3.80. The summed E-state index contributed by atoms with van der Waals surface area (Å²) in [6.07, 6.45) is 3.49. The van der Waals surface area contributed by atoms with Gasteiger partial charge in [0.15, 0.2) is 5.96 Å². The van der Waals surface area contributed by atoms with Crippen molar-refractivity contribution in [2.75, 3.05) is 6.54 Å². The Kier molecular flexibility index (Phi) is 3.90. The van der Waals surface area contributed by atoms with Gasteiger partial charge >= 0.3 is 0 Å². The van der Waals surface area contributed by atoms with Gasteiger partial charge in [-0.3, -0.25) is 4.99 Å². The van der Waals surface area contributed by atoms with E-state index in [1.165, 1.54) is 18.4 Å². The monoisotopic (exact) mass is 245 g/mol. The maximum atomic E-state index is 5.90. The number of benzene rings is 1. The molecule has 0 radical (unpaired) electrons. The second-order valence-electron chi connectivity index (χ2n) is 5.30. The summed E-state index contributed by atoms with van der Waals surface area (Å²) in [5.74, 6) is 0.576. The van der Waals surface area contributed by atoms with Gasteiger partial charge in [-0.05, 0) is 31.7 Å². The van der Waals surface area contributed by atoms with Gasteiger partial charge in [-0.1, -0.05) is 37.3 Å². The summed E-state index contributed by atoms with van der Waals surface area (Å²) in [6.45, 7) is 5.05. The molecular weight excluding hydrogens is 222 g/mol. The fourth-order valence-electron chi connectivity index (χ4n) is 2.12. The first-order valence-electron chi connectivity index (χ1n) is 6.78. The van der Waals surface area contributed by atoms with Crippen LogP contribution in [0.1, 0.15) is 38.7 Å². The lowest BCUT2D eigenvalue weighted by atomic mass is 9.96. The van der Waals surface area contributed by atoms with Crippen molar-refractivity contribution in [1.29, 1.82) is 0 Å². The van der Waals surface area contributed by atoms with E-state index in [2.05, 4.69) is 54.5 Å². The first-order valence-corrected chi connectivity index (χ1v) is 6.78. The van der Waals surface area contributed by atoms with E-state index < -0.39 is 0 Å². The number of rotatable bonds is 5. The molecule has 0 spiro atoms. The molecule has 1 aromatic rings. The van der Waals surface area contributed by atoms with Gasteiger partial charge in [0.2, 0.25) is 0 Å². The average Bonchev–Trinajstić information content (AvgIpc) is 3.18. The van der Waals surface area contributed by atoms with Gasteiger partial charge in [-0.2, -0.15) is 0 Å². The number of guanidine groups is 1. The van der Waals surface area contributed by atoms with Crippen LogP contribution < -0.4 is 11.1 Å². The zero-order valence-electron chi connectivity index (χ0n) is 11.3. The van der Waals surface area contributed by atoms with E-state index in [1.807, 2.05) is 0 Å². The highest BCUT2D eigenvalue weighted by molar-refractivity contribution is 5.78. The van der Waals surface area contributed by atoms with Crippen molar-refractivity contribution in [3.8, 4) is 0 Å². The standard InChI is InChI=1S/C15H23N3/c1-3-12(2)18-14(16)17-11-15(9-10-15)13-7-5-4-6-8-13/h4-8,12H,3,9-11H2,1-2H3,(H3,16,17,18). The topological polar surface area (TPSA) is 50.4 Å². The molecule has 0 aromatic heterocycles. The van der Waals surface area contributed by atoms with E-state index in [-0.39, 0.29) is 5.41 Å². The molecule has 0 saturated heterocycles. The predicted molar refractivity (Wildman–Crippen MR) is 76.7 cm³/mol. The average molecular weight is 245 g/mol. The fraction of sp³-hybridized carbons (Fsp3) is 0.533. The number of hydrogen-bond acceptors (Lipinski definition) is 1. The molecule has 2 rings (SSSR count). The highest BCUT2D eigenvalue weighted by Gasteiger charge is 2.43. The van der Waals surface area contributed by atoms with Crippen LogP contribution in [0.15, 0.2) is 35.3 Å². The van der Waals surface area contributed by atoms with Crippen LogP contribution >= 0.6 is 0 Å². The van der Waals surface area contributed by atoms with E-state index in [1.54, 1.807) is 0 Å².